The summed E-state index contributed by atoms with van der Waals surface area (Å²) < 4.78 is 5.43. The Labute approximate surface area is 213 Å². The van der Waals surface area contributed by atoms with Crippen molar-refractivity contribution >= 4 is 29.6 Å². The molecule has 0 aliphatic carbocycles. The van der Waals surface area contributed by atoms with Crippen LogP contribution in [0.2, 0.25) is 0 Å². The van der Waals surface area contributed by atoms with Crippen LogP contribution in [0.4, 0.5) is 5.95 Å². The summed E-state index contributed by atoms with van der Waals surface area (Å²) in [6, 6.07) is 15.2. The predicted molar refractivity (Wildman–Crippen MR) is 133 cm³/mol. The number of imide groups is 1. The molecule has 2 aromatic carbocycles. The first kappa shape index (κ1) is 24.1. The summed E-state index contributed by atoms with van der Waals surface area (Å²) in [5, 5.41) is 0. The number of rotatable bonds is 6. The van der Waals surface area contributed by atoms with Crippen LogP contribution in [-0.2, 0) is 16.1 Å². The highest BCUT2D eigenvalue weighted by atomic mass is 16.5. The number of amides is 3. The summed E-state index contributed by atoms with van der Waals surface area (Å²) in [6.45, 7) is 3.70. The van der Waals surface area contributed by atoms with E-state index < -0.39 is 23.9 Å². The quantitative estimate of drug-likeness (QED) is 0.375. The van der Waals surface area contributed by atoms with Gasteiger partial charge in [-0.2, -0.15) is 0 Å². The molecule has 0 saturated carbocycles. The van der Waals surface area contributed by atoms with E-state index in [-0.39, 0.29) is 29.1 Å². The second-order valence-electron chi connectivity index (χ2n) is 8.85. The Hall–Kier alpha value is -4.60. The van der Waals surface area contributed by atoms with Gasteiger partial charge in [-0.15, -0.1) is 0 Å². The third-order valence-corrected chi connectivity index (χ3v) is 6.45. The molecule has 3 amide bonds. The van der Waals surface area contributed by atoms with Gasteiger partial charge in [-0.05, 0) is 36.8 Å². The van der Waals surface area contributed by atoms with Gasteiger partial charge in [-0.3, -0.25) is 19.3 Å². The predicted octanol–water partition coefficient (Wildman–Crippen LogP) is 2.17. The number of esters is 1. The Balaban J connectivity index is 1.20. The Morgan fingerprint density at radius 3 is 2.27 bits per heavy atom. The first-order valence-corrected chi connectivity index (χ1v) is 12.0. The molecule has 188 valence electrons. The molecule has 1 saturated heterocycles. The van der Waals surface area contributed by atoms with Crippen molar-refractivity contribution in [3.63, 3.8) is 0 Å². The van der Waals surface area contributed by atoms with E-state index >= 15 is 0 Å². The van der Waals surface area contributed by atoms with Crippen LogP contribution in [0.15, 0.2) is 67.0 Å². The van der Waals surface area contributed by atoms with Crippen molar-refractivity contribution in [1.82, 2.24) is 19.8 Å². The minimum absolute atomic E-state index is 0.104. The van der Waals surface area contributed by atoms with Gasteiger partial charge < -0.3 is 14.5 Å². The molecular weight excluding hydrogens is 474 g/mol. The van der Waals surface area contributed by atoms with E-state index in [0.717, 1.165) is 10.5 Å². The van der Waals surface area contributed by atoms with E-state index in [4.69, 9.17) is 4.74 Å². The lowest BCUT2D eigenvalue weighted by Gasteiger charge is -2.35. The first-order valence-electron chi connectivity index (χ1n) is 12.0. The van der Waals surface area contributed by atoms with Gasteiger partial charge in [0.25, 0.3) is 17.7 Å². The summed E-state index contributed by atoms with van der Waals surface area (Å²) in [6.07, 6.45) is 2.34. The topological polar surface area (TPSA) is 113 Å². The first-order chi connectivity index (χ1) is 17.9. The van der Waals surface area contributed by atoms with Crippen LogP contribution in [0.1, 0.15) is 43.6 Å². The molecule has 3 aromatic rings. The van der Waals surface area contributed by atoms with Crippen molar-refractivity contribution in [1.29, 1.82) is 0 Å². The Morgan fingerprint density at radius 1 is 0.892 bits per heavy atom. The maximum atomic E-state index is 12.9. The third-order valence-electron chi connectivity index (χ3n) is 6.45. The van der Waals surface area contributed by atoms with Gasteiger partial charge in [-0.1, -0.05) is 30.3 Å². The van der Waals surface area contributed by atoms with Crippen molar-refractivity contribution < 1.29 is 23.9 Å². The molecule has 1 aromatic heterocycles. The van der Waals surface area contributed by atoms with Gasteiger partial charge >= 0.3 is 5.97 Å². The molecule has 2 aliphatic heterocycles. The van der Waals surface area contributed by atoms with Crippen LogP contribution in [0.25, 0.3) is 0 Å². The van der Waals surface area contributed by atoms with Crippen LogP contribution >= 0.6 is 0 Å². The molecule has 3 heterocycles. The fourth-order valence-electron chi connectivity index (χ4n) is 4.44. The molecular formula is C27H25N5O5. The summed E-state index contributed by atoms with van der Waals surface area (Å²) in [5.74, 6) is -1.30. The van der Waals surface area contributed by atoms with Gasteiger partial charge in [0.15, 0.2) is 6.10 Å². The fourth-order valence-corrected chi connectivity index (χ4v) is 4.44. The van der Waals surface area contributed by atoms with E-state index in [0.29, 0.717) is 32.1 Å². The van der Waals surface area contributed by atoms with Crippen LogP contribution in [0.3, 0.4) is 0 Å². The number of anilines is 1. The third kappa shape index (κ3) is 4.90. The number of carbonyl (C=O) groups is 4. The van der Waals surface area contributed by atoms with E-state index in [2.05, 4.69) is 9.97 Å². The number of aromatic nitrogens is 2. The zero-order valence-corrected chi connectivity index (χ0v) is 20.2. The van der Waals surface area contributed by atoms with Gasteiger partial charge in [0.05, 0.1) is 23.2 Å². The van der Waals surface area contributed by atoms with Gasteiger partial charge in [-0.25, -0.2) is 14.8 Å². The van der Waals surface area contributed by atoms with Crippen molar-refractivity contribution in [2.24, 2.45) is 0 Å². The standard InChI is InChI=1S/C27H25N5O5/c1-18(23(33)30-12-14-31(15-13-30)27-28-10-5-11-29-27)37-26(36)20-8-9-21-22(16-20)25(35)32(24(21)34)17-19-6-3-2-4-7-19/h2-11,16,18H,12-15,17H2,1H3. The Kier molecular flexibility index (Phi) is 6.63. The minimum atomic E-state index is -1.01. The molecule has 2 aliphatic rings. The van der Waals surface area contributed by atoms with Crippen molar-refractivity contribution in [3.05, 3.63) is 89.2 Å². The largest absolute Gasteiger partial charge is 0.449 e. The molecule has 37 heavy (non-hydrogen) atoms. The molecule has 0 radical (unpaired) electrons. The monoisotopic (exact) mass is 499 g/mol. The SMILES string of the molecule is CC(OC(=O)c1ccc2c(c1)C(=O)N(Cc1ccccc1)C2=O)C(=O)N1CCN(c2ncccn2)CC1. The van der Waals surface area contributed by atoms with Crippen LogP contribution in [-0.4, -0.2) is 75.7 Å². The average molecular weight is 500 g/mol. The summed E-state index contributed by atoms with van der Waals surface area (Å²) in [5.41, 5.74) is 1.31. The molecule has 1 fully saturated rings. The smallest absolute Gasteiger partial charge is 0.338 e. The second-order valence-corrected chi connectivity index (χ2v) is 8.85. The lowest BCUT2D eigenvalue weighted by molar-refractivity contribution is -0.140. The molecule has 0 bridgehead atoms. The molecule has 10 heteroatoms. The van der Waals surface area contributed by atoms with Crippen LogP contribution < -0.4 is 4.90 Å². The molecule has 0 N–H and O–H groups in total. The maximum Gasteiger partial charge on any atom is 0.338 e. The number of hydrogen-bond donors (Lipinski definition) is 0. The van der Waals surface area contributed by atoms with E-state index in [1.165, 1.54) is 25.1 Å². The Morgan fingerprint density at radius 2 is 1.57 bits per heavy atom. The van der Waals surface area contributed by atoms with E-state index in [1.54, 1.807) is 23.4 Å². The van der Waals surface area contributed by atoms with Crippen LogP contribution in [0.5, 0.6) is 0 Å². The number of nitrogens with zero attached hydrogens (tertiary/aromatic N) is 5. The summed E-state index contributed by atoms with van der Waals surface area (Å²) >= 11 is 0. The van der Waals surface area contributed by atoms with E-state index in [1.807, 2.05) is 35.2 Å². The maximum absolute atomic E-state index is 12.9. The van der Waals surface area contributed by atoms with E-state index in [9.17, 15) is 19.2 Å². The highest BCUT2D eigenvalue weighted by Crippen LogP contribution is 2.26. The Bertz CT molecular complexity index is 1340. The average Bonchev–Trinajstić information content (AvgIpc) is 3.18. The zero-order chi connectivity index (χ0) is 25.9. The van der Waals surface area contributed by atoms with Crippen LogP contribution in [0, 0.1) is 0 Å². The molecule has 10 nitrogen and oxygen atoms in total. The fraction of sp³-hybridized carbons (Fsp3) is 0.259. The van der Waals surface area contributed by atoms with Crippen molar-refractivity contribution in [2.75, 3.05) is 31.1 Å². The number of ether oxygens (including phenoxy) is 1. The molecule has 5 rings (SSSR count). The summed E-state index contributed by atoms with van der Waals surface area (Å²) in [4.78, 5) is 64.7. The second kappa shape index (κ2) is 10.2. The highest BCUT2D eigenvalue weighted by Gasteiger charge is 2.36. The van der Waals surface area contributed by atoms with Gasteiger partial charge in [0.1, 0.15) is 0 Å². The van der Waals surface area contributed by atoms with Gasteiger partial charge in [0, 0.05) is 38.6 Å². The number of benzene rings is 2. The lowest BCUT2D eigenvalue weighted by Crippen LogP contribution is -2.52. The lowest BCUT2D eigenvalue weighted by atomic mass is 10.1. The van der Waals surface area contributed by atoms with Gasteiger partial charge in [0.2, 0.25) is 5.95 Å². The van der Waals surface area contributed by atoms with Crippen molar-refractivity contribution in [2.45, 2.75) is 19.6 Å². The number of piperazine rings is 1. The molecule has 0 spiro atoms. The molecule has 1 atom stereocenters. The number of fused-ring (bicyclic) bond motifs is 1. The number of hydrogen-bond acceptors (Lipinski definition) is 8. The highest BCUT2D eigenvalue weighted by molar-refractivity contribution is 6.21. The normalized spacial score (nSPS) is 16.0. The van der Waals surface area contributed by atoms with Crippen molar-refractivity contribution in [3.8, 4) is 0 Å². The summed E-state index contributed by atoms with van der Waals surface area (Å²) in [7, 11) is 0. The minimum Gasteiger partial charge on any atom is -0.449 e. The number of carbonyl (C=O) groups excluding carboxylic acids is 4. The molecule has 1 unspecified atom stereocenters. The zero-order valence-electron chi connectivity index (χ0n) is 20.2.